The van der Waals surface area contributed by atoms with Crippen molar-refractivity contribution in [2.45, 2.75) is 24.5 Å². The van der Waals surface area contributed by atoms with Crippen molar-refractivity contribution in [3.8, 4) is 5.75 Å². The molecule has 20 heavy (non-hydrogen) atoms. The van der Waals surface area contributed by atoms with Crippen molar-refractivity contribution in [1.29, 1.82) is 0 Å². The fourth-order valence-corrected chi connectivity index (χ4v) is 3.46. The van der Waals surface area contributed by atoms with E-state index in [4.69, 9.17) is 4.74 Å². The van der Waals surface area contributed by atoms with Crippen molar-refractivity contribution in [3.05, 3.63) is 29.8 Å². The number of benzene rings is 1. The van der Waals surface area contributed by atoms with E-state index in [-0.39, 0.29) is 6.10 Å². The Morgan fingerprint density at radius 3 is 2.95 bits per heavy atom. The Kier molecular flexibility index (Phi) is 3.96. The van der Waals surface area contributed by atoms with E-state index in [1.807, 2.05) is 12.1 Å². The highest BCUT2D eigenvalue weighted by Gasteiger charge is 2.34. The molecule has 4 nitrogen and oxygen atoms in total. The van der Waals surface area contributed by atoms with E-state index in [0.29, 0.717) is 12.0 Å². The number of hydrogen-bond donors (Lipinski definition) is 1. The van der Waals surface area contributed by atoms with Crippen LogP contribution in [0, 0.1) is 0 Å². The predicted octanol–water partition coefficient (Wildman–Crippen LogP) is 1.16. The fraction of sp³-hybridized carbons (Fsp3) is 0.625. The minimum absolute atomic E-state index is 0.183. The number of para-hydroxylation sites is 1. The molecule has 3 atom stereocenters. The van der Waals surface area contributed by atoms with Crippen molar-refractivity contribution >= 4 is 0 Å². The molecule has 1 aromatic carbocycles. The summed E-state index contributed by atoms with van der Waals surface area (Å²) in [6.45, 7) is 3.54. The third-order valence-corrected chi connectivity index (χ3v) is 4.34. The number of fused-ring (bicyclic) bond motifs is 1. The van der Waals surface area contributed by atoms with Crippen LogP contribution in [0.1, 0.15) is 17.9 Å². The van der Waals surface area contributed by atoms with E-state index in [1.54, 1.807) is 0 Å². The molecule has 4 heteroatoms. The van der Waals surface area contributed by atoms with Gasteiger partial charge in [0.05, 0.1) is 12.7 Å². The lowest BCUT2D eigenvalue weighted by molar-refractivity contribution is 0.164. The first-order valence-corrected chi connectivity index (χ1v) is 7.42. The first kappa shape index (κ1) is 13.9. The average molecular weight is 276 g/mol. The second-order valence-electron chi connectivity index (χ2n) is 6.31. The topological polar surface area (TPSA) is 35.9 Å². The standard InChI is InChI=1S/C16H24N2O2/c1-17(2)9-13-7-14(19)10-18(13)8-12-11-20-16-6-4-3-5-15(12)16/h3-6,12-14,19H,7-11H2,1-2H3. The molecule has 2 aliphatic heterocycles. The van der Waals surface area contributed by atoms with Crippen molar-refractivity contribution in [3.63, 3.8) is 0 Å². The van der Waals surface area contributed by atoms with Gasteiger partial charge in [0.25, 0.3) is 0 Å². The Labute approximate surface area is 120 Å². The molecule has 2 heterocycles. The van der Waals surface area contributed by atoms with Crippen LogP contribution in [0.25, 0.3) is 0 Å². The maximum Gasteiger partial charge on any atom is 0.122 e. The third-order valence-electron chi connectivity index (χ3n) is 4.34. The van der Waals surface area contributed by atoms with Gasteiger partial charge in [-0.1, -0.05) is 18.2 Å². The monoisotopic (exact) mass is 276 g/mol. The van der Waals surface area contributed by atoms with Crippen LogP contribution in [0.2, 0.25) is 0 Å². The molecule has 1 aromatic rings. The molecule has 0 radical (unpaired) electrons. The van der Waals surface area contributed by atoms with Gasteiger partial charge in [-0.05, 0) is 26.6 Å². The number of hydrogen-bond acceptors (Lipinski definition) is 4. The molecule has 0 spiro atoms. The fourth-order valence-electron chi connectivity index (χ4n) is 3.46. The van der Waals surface area contributed by atoms with E-state index in [1.165, 1.54) is 5.56 Å². The van der Waals surface area contributed by atoms with Gasteiger partial charge in [-0.3, -0.25) is 4.90 Å². The van der Waals surface area contributed by atoms with Gasteiger partial charge in [-0.25, -0.2) is 0 Å². The molecule has 0 bridgehead atoms. The normalized spacial score (nSPS) is 29.7. The highest BCUT2D eigenvalue weighted by molar-refractivity contribution is 5.39. The van der Waals surface area contributed by atoms with Gasteiger partial charge < -0.3 is 14.7 Å². The van der Waals surface area contributed by atoms with Gasteiger partial charge in [-0.15, -0.1) is 0 Å². The van der Waals surface area contributed by atoms with Gasteiger partial charge in [0.1, 0.15) is 5.75 Å². The minimum Gasteiger partial charge on any atom is -0.493 e. The van der Waals surface area contributed by atoms with Crippen molar-refractivity contribution in [2.24, 2.45) is 0 Å². The second kappa shape index (κ2) is 5.72. The van der Waals surface area contributed by atoms with E-state index < -0.39 is 0 Å². The Balaban J connectivity index is 1.68. The largest absolute Gasteiger partial charge is 0.493 e. The van der Waals surface area contributed by atoms with Crippen molar-refractivity contribution in [1.82, 2.24) is 9.80 Å². The first-order chi connectivity index (χ1) is 9.63. The number of likely N-dealkylation sites (tertiary alicyclic amines) is 1. The molecule has 3 unspecified atom stereocenters. The maximum absolute atomic E-state index is 9.96. The van der Waals surface area contributed by atoms with Gasteiger partial charge in [-0.2, -0.15) is 0 Å². The molecule has 3 rings (SSSR count). The van der Waals surface area contributed by atoms with Crippen LogP contribution in [-0.4, -0.2) is 67.4 Å². The van der Waals surface area contributed by atoms with Crippen LogP contribution < -0.4 is 4.74 Å². The van der Waals surface area contributed by atoms with Crippen LogP contribution in [0.3, 0.4) is 0 Å². The van der Waals surface area contributed by atoms with Gasteiger partial charge in [0.15, 0.2) is 0 Å². The SMILES string of the molecule is CN(C)CC1CC(O)CN1CC1COc2ccccc21. The molecule has 2 aliphatic rings. The highest BCUT2D eigenvalue weighted by Crippen LogP contribution is 2.35. The minimum atomic E-state index is -0.183. The summed E-state index contributed by atoms with van der Waals surface area (Å²) in [5.74, 6) is 1.46. The van der Waals surface area contributed by atoms with Gasteiger partial charge in [0, 0.05) is 37.2 Å². The Hall–Kier alpha value is -1.10. The number of nitrogens with zero attached hydrogens (tertiary/aromatic N) is 2. The van der Waals surface area contributed by atoms with E-state index >= 15 is 0 Å². The average Bonchev–Trinajstić information content (AvgIpc) is 2.94. The van der Waals surface area contributed by atoms with Gasteiger partial charge >= 0.3 is 0 Å². The Morgan fingerprint density at radius 1 is 1.35 bits per heavy atom. The maximum atomic E-state index is 9.96. The van der Waals surface area contributed by atoms with Crippen LogP contribution in [0.5, 0.6) is 5.75 Å². The lowest BCUT2D eigenvalue weighted by Gasteiger charge is -2.28. The molecule has 1 N–H and O–H groups in total. The molecule has 0 aliphatic carbocycles. The van der Waals surface area contributed by atoms with Crippen LogP contribution in [-0.2, 0) is 0 Å². The second-order valence-corrected chi connectivity index (χ2v) is 6.31. The lowest BCUT2D eigenvalue weighted by Crippen LogP contribution is -2.40. The Morgan fingerprint density at radius 2 is 2.15 bits per heavy atom. The van der Waals surface area contributed by atoms with Crippen molar-refractivity contribution in [2.75, 3.05) is 40.3 Å². The smallest absolute Gasteiger partial charge is 0.122 e. The summed E-state index contributed by atoms with van der Waals surface area (Å²) in [5, 5.41) is 9.96. The first-order valence-electron chi connectivity index (χ1n) is 7.42. The zero-order chi connectivity index (χ0) is 14.1. The number of ether oxygens (including phenoxy) is 1. The van der Waals surface area contributed by atoms with Crippen molar-refractivity contribution < 1.29 is 9.84 Å². The van der Waals surface area contributed by atoms with E-state index in [0.717, 1.165) is 38.4 Å². The highest BCUT2D eigenvalue weighted by atomic mass is 16.5. The molecule has 0 aromatic heterocycles. The summed E-state index contributed by atoms with van der Waals surface area (Å²) >= 11 is 0. The molecule has 0 saturated carbocycles. The Bertz CT molecular complexity index is 464. The van der Waals surface area contributed by atoms with Crippen LogP contribution >= 0.6 is 0 Å². The third kappa shape index (κ3) is 2.82. The zero-order valence-corrected chi connectivity index (χ0v) is 12.3. The number of likely N-dealkylation sites (N-methyl/N-ethyl adjacent to an activating group) is 1. The number of aliphatic hydroxyl groups is 1. The summed E-state index contributed by atoms with van der Waals surface area (Å²) in [6.07, 6.45) is 0.699. The molecule has 1 saturated heterocycles. The van der Waals surface area contributed by atoms with E-state index in [9.17, 15) is 5.11 Å². The number of aliphatic hydroxyl groups excluding tert-OH is 1. The summed E-state index contributed by atoms with van der Waals surface area (Å²) in [6, 6.07) is 8.77. The lowest BCUT2D eigenvalue weighted by atomic mass is 10.0. The molecular formula is C16H24N2O2. The predicted molar refractivity (Wildman–Crippen MR) is 79.2 cm³/mol. The van der Waals surface area contributed by atoms with Gasteiger partial charge in [0.2, 0.25) is 0 Å². The summed E-state index contributed by atoms with van der Waals surface area (Å²) in [5.41, 5.74) is 1.32. The summed E-state index contributed by atoms with van der Waals surface area (Å²) in [7, 11) is 4.19. The molecule has 0 amide bonds. The zero-order valence-electron chi connectivity index (χ0n) is 12.3. The van der Waals surface area contributed by atoms with E-state index in [2.05, 4.69) is 36.0 Å². The molecule has 110 valence electrons. The summed E-state index contributed by atoms with van der Waals surface area (Å²) < 4.78 is 5.76. The molecule has 1 fully saturated rings. The van der Waals surface area contributed by atoms with Crippen LogP contribution in [0.15, 0.2) is 24.3 Å². The summed E-state index contributed by atoms with van der Waals surface area (Å²) in [4.78, 5) is 4.63. The number of rotatable bonds is 4. The molecular weight excluding hydrogens is 252 g/mol. The number of β-amino-alcohol motifs (C(OH)–C–C–N with tert-alkyl or cyclic N) is 1. The van der Waals surface area contributed by atoms with Crippen LogP contribution in [0.4, 0.5) is 0 Å². The quantitative estimate of drug-likeness (QED) is 0.895.